The van der Waals surface area contributed by atoms with Crippen molar-refractivity contribution in [1.29, 1.82) is 0 Å². The summed E-state index contributed by atoms with van der Waals surface area (Å²) in [6.07, 6.45) is 2.90. The summed E-state index contributed by atoms with van der Waals surface area (Å²) in [5, 5.41) is 3.77. The average Bonchev–Trinajstić information content (AvgIpc) is 3.09. The van der Waals surface area contributed by atoms with Crippen molar-refractivity contribution in [2.45, 2.75) is 33.1 Å². The Bertz CT molecular complexity index is 1030. The molecule has 1 aromatic heterocycles. The lowest BCUT2D eigenvalue weighted by molar-refractivity contribution is -0.144. The number of anilines is 1. The highest BCUT2D eigenvalue weighted by molar-refractivity contribution is 6.39. The fourth-order valence-electron chi connectivity index (χ4n) is 4.08. The zero-order valence-electron chi connectivity index (χ0n) is 17.0. The summed E-state index contributed by atoms with van der Waals surface area (Å²) in [4.78, 5) is 30.0. The average molecular weight is 389 g/mol. The van der Waals surface area contributed by atoms with Crippen molar-refractivity contribution in [2.75, 3.05) is 18.4 Å². The SMILES string of the molecule is Cc1ccc(CC2CCN(C(=O)C(=O)Nc3ccc4[nH]c(C)cc4c3)CC2)cc1. The van der Waals surface area contributed by atoms with Crippen molar-refractivity contribution in [1.82, 2.24) is 9.88 Å². The lowest BCUT2D eigenvalue weighted by atomic mass is 9.90. The number of hydrogen-bond acceptors (Lipinski definition) is 2. The van der Waals surface area contributed by atoms with E-state index in [-0.39, 0.29) is 0 Å². The van der Waals surface area contributed by atoms with E-state index in [0.717, 1.165) is 35.9 Å². The highest BCUT2D eigenvalue weighted by atomic mass is 16.2. The number of piperidine rings is 1. The van der Waals surface area contributed by atoms with Gasteiger partial charge in [-0.2, -0.15) is 0 Å². The molecule has 0 aliphatic carbocycles. The predicted octanol–water partition coefficient (Wildman–Crippen LogP) is 4.20. The third-order valence-corrected chi connectivity index (χ3v) is 5.75. The maximum Gasteiger partial charge on any atom is 0.313 e. The molecule has 1 aliphatic rings. The molecule has 0 spiro atoms. The van der Waals surface area contributed by atoms with Gasteiger partial charge in [0.05, 0.1) is 0 Å². The van der Waals surface area contributed by atoms with Crippen LogP contribution in [0.2, 0.25) is 0 Å². The summed E-state index contributed by atoms with van der Waals surface area (Å²) < 4.78 is 0. The van der Waals surface area contributed by atoms with Gasteiger partial charge >= 0.3 is 11.8 Å². The third-order valence-electron chi connectivity index (χ3n) is 5.75. The molecule has 5 heteroatoms. The van der Waals surface area contributed by atoms with Gasteiger partial charge in [0.1, 0.15) is 0 Å². The Morgan fingerprint density at radius 2 is 1.76 bits per heavy atom. The Balaban J connectivity index is 1.31. The molecular weight excluding hydrogens is 362 g/mol. The standard InChI is InChI=1S/C24H27N3O2/c1-16-3-5-18(6-4-16)14-19-9-11-27(12-10-19)24(29)23(28)26-21-7-8-22-20(15-21)13-17(2)25-22/h3-8,13,15,19,25H,9-12,14H2,1-2H3,(H,26,28). The Morgan fingerprint density at radius 1 is 1.03 bits per heavy atom. The zero-order valence-corrected chi connectivity index (χ0v) is 17.0. The van der Waals surface area contributed by atoms with Crippen LogP contribution in [0, 0.1) is 19.8 Å². The molecule has 1 fully saturated rings. The van der Waals surface area contributed by atoms with Crippen molar-refractivity contribution < 1.29 is 9.59 Å². The van der Waals surface area contributed by atoms with E-state index < -0.39 is 11.8 Å². The molecule has 2 heterocycles. The number of benzene rings is 2. The molecule has 2 N–H and O–H groups in total. The Labute approximate surface area is 171 Å². The fraction of sp³-hybridized carbons (Fsp3) is 0.333. The number of carbonyl (C=O) groups excluding carboxylic acids is 2. The molecule has 2 aromatic carbocycles. The first-order valence-corrected chi connectivity index (χ1v) is 10.2. The van der Waals surface area contributed by atoms with E-state index in [1.165, 1.54) is 11.1 Å². The van der Waals surface area contributed by atoms with Crippen LogP contribution >= 0.6 is 0 Å². The first-order chi connectivity index (χ1) is 14.0. The molecule has 150 valence electrons. The van der Waals surface area contributed by atoms with Gasteiger partial charge in [-0.15, -0.1) is 0 Å². The summed E-state index contributed by atoms with van der Waals surface area (Å²) in [5.41, 5.74) is 5.33. The number of rotatable bonds is 3. The minimum Gasteiger partial charge on any atom is -0.359 e. The van der Waals surface area contributed by atoms with Gasteiger partial charge in [0.2, 0.25) is 0 Å². The zero-order chi connectivity index (χ0) is 20.4. The van der Waals surface area contributed by atoms with Crippen molar-refractivity contribution in [3.05, 3.63) is 65.4 Å². The van der Waals surface area contributed by atoms with E-state index >= 15 is 0 Å². The van der Waals surface area contributed by atoms with Crippen LogP contribution in [0.15, 0.2) is 48.5 Å². The van der Waals surface area contributed by atoms with Crippen molar-refractivity contribution in [3.8, 4) is 0 Å². The topological polar surface area (TPSA) is 65.2 Å². The van der Waals surface area contributed by atoms with Gasteiger partial charge in [-0.3, -0.25) is 9.59 Å². The maximum absolute atomic E-state index is 12.6. The maximum atomic E-state index is 12.6. The second kappa shape index (κ2) is 8.11. The number of hydrogen-bond donors (Lipinski definition) is 2. The summed E-state index contributed by atoms with van der Waals surface area (Å²) in [6.45, 7) is 5.36. The molecule has 0 unspecified atom stereocenters. The number of amides is 2. The molecule has 0 saturated carbocycles. The second-order valence-corrected chi connectivity index (χ2v) is 8.13. The van der Waals surface area contributed by atoms with E-state index in [9.17, 15) is 9.59 Å². The van der Waals surface area contributed by atoms with Crippen LogP contribution in [0.1, 0.15) is 29.7 Å². The highest BCUT2D eigenvalue weighted by Gasteiger charge is 2.27. The van der Waals surface area contributed by atoms with Crippen LogP contribution in [0.5, 0.6) is 0 Å². The smallest absolute Gasteiger partial charge is 0.313 e. The molecule has 1 aliphatic heterocycles. The van der Waals surface area contributed by atoms with Gasteiger partial charge in [0, 0.05) is 35.4 Å². The Morgan fingerprint density at radius 3 is 2.48 bits per heavy atom. The molecule has 5 nitrogen and oxygen atoms in total. The number of nitrogens with one attached hydrogen (secondary N) is 2. The number of nitrogens with zero attached hydrogens (tertiary/aromatic N) is 1. The van der Waals surface area contributed by atoms with Crippen LogP contribution in [0.3, 0.4) is 0 Å². The summed E-state index contributed by atoms with van der Waals surface area (Å²) in [6, 6.07) is 16.3. The quantitative estimate of drug-likeness (QED) is 0.659. The normalized spacial score (nSPS) is 14.9. The summed E-state index contributed by atoms with van der Waals surface area (Å²) >= 11 is 0. The number of likely N-dealkylation sites (tertiary alicyclic amines) is 1. The second-order valence-electron chi connectivity index (χ2n) is 8.13. The van der Waals surface area contributed by atoms with Crippen LogP contribution in [-0.4, -0.2) is 34.8 Å². The first-order valence-electron chi connectivity index (χ1n) is 10.2. The van der Waals surface area contributed by atoms with Crippen LogP contribution in [-0.2, 0) is 16.0 Å². The van der Waals surface area contributed by atoms with E-state index in [0.29, 0.717) is 24.7 Å². The number of carbonyl (C=O) groups is 2. The lowest BCUT2D eigenvalue weighted by Crippen LogP contribution is -2.44. The molecule has 0 radical (unpaired) electrons. The molecule has 0 bridgehead atoms. The highest BCUT2D eigenvalue weighted by Crippen LogP contribution is 2.23. The monoisotopic (exact) mass is 389 g/mol. The number of fused-ring (bicyclic) bond motifs is 1. The lowest BCUT2D eigenvalue weighted by Gasteiger charge is -2.31. The largest absolute Gasteiger partial charge is 0.359 e. The summed E-state index contributed by atoms with van der Waals surface area (Å²) in [5.74, 6) is -0.443. The van der Waals surface area contributed by atoms with E-state index in [2.05, 4.69) is 41.5 Å². The minimum absolute atomic E-state index is 0.441. The molecular formula is C24H27N3O2. The van der Waals surface area contributed by atoms with Crippen LogP contribution in [0.4, 0.5) is 5.69 Å². The van der Waals surface area contributed by atoms with Gasteiger partial charge in [0.15, 0.2) is 0 Å². The van der Waals surface area contributed by atoms with Crippen molar-refractivity contribution in [3.63, 3.8) is 0 Å². The van der Waals surface area contributed by atoms with Crippen LogP contribution < -0.4 is 5.32 Å². The number of aromatic nitrogens is 1. The molecule has 2 amide bonds. The number of aryl methyl sites for hydroxylation is 2. The van der Waals surface area contributed by atoms with Gasteiger partial charge in [-0.05, 0) is 68.9 Å². The van der Waals surface area contributed by atoms with Crippen LogP contribution in [0.25, 0.3) is 10.9 Å². The minimum atomic E-state index is -0.561. The Hall–Kier alpha value is -3.08. The molecule has 0 atom stereocenters. The van der Waals surface area contributed by atoms with Crippen molar-refractivity contribution >= 4 is 28.4 Å². The molecule has 3 aromatic rings. The van der Waals surface area contributed by atoms with Gasteiger partial charge in [-0.1, -0.05) is 29.8 Å². The fourth-order valence-corrected chi connectivity index (χ4v) is 4.08. The molecule has 29 heavy (non-hydrogen) atoms. The van der Waals surface area contributed by atoms with E-state index in [1.54, 1.807) is 4.90 Å². The van der Waals surface area contributed by atoms with Gasteiger partial charge in [-0.25, -0.2) is 0 Å². The predicted molar refractivity (Wildman–Crippen MR) is 116 cm³/mol. The van der Waals surface area contributed by atoms with E-state index in [4.69, 9.17) is 0 Å². The van der Waals surface area contributed by atoms with Gasteiger partial charge < -0.3 is 15.2 Å². The van der Waals surface area contributed by atoms with Crippen molar-refractivity contribution in [2.24, 2.45) is 5.92 Å². The first kappa shape index (κ1) is 19.2. The van der Waals surface area contributed by atoms with Gasteiger partial charge in [0.25, 0.3) is 0 Å². The third kappa shape index (κ3) is 4.50. The molecule has 4 rings (SSSR count). The summed E-state index contributed by atoms with van der Waals surface area (Å²) in [7, 11) is 0. The Kier molecular flexibility index (Phi) is 5.38. The molecule has 1 saturated heterocycles. The van der Waals surface area contributed by atoms with E-state index in [1.807, 2.05) is 31.2 Å². The number of H-pyrrole nitrogens is 1. The number of aromatic amines is 1.